The molecule has 0 spiro atoms. The second kappa shape index (κ2) is 1.45. The van der Waals surface area contributed by atoms with Crippen molar-refractivity contribution in [3.05, 3.63) is 7.05 Å². The van der Waals surface area contributed by atoms with Gasteiger partial charge in [-0.1, -0.05) is 0 Å². The van der Waals surface area contributed by atoms with Crippen molar-refractivity contribution in [3.63, 3.8) is 0 Å². The summed E-state index contributed by atoms with van der Waals surface area (Å²) >= 11 is 0. The van der Waals surface area contributed by atoms with Crippen LogP contribution >= 0.6 is 0 Å². The van der Waals surface area contributed by atoms with Gasteiger partial charge in [-0.15, -0.1) is 0 Å². The van der Waals surface area contributed by atoms with E-state index in [1.807, 2.05) is 0 Å². The maximum absolute atomic E-state index is 5.34. The van der Waals surface area contributed by atoms with Gasteiger partial charge in [0, 0.05) is 6.04 Å². The molecule has 8 heavy (non-hydrogen) atoms. The lowest BCUT2D eigenvalue weighted by Gasteiger charge is -2.28. The summed E-state index contributed by atoms with van der Waals surface area (Å²) < 4.78 is 5.34. The summed E-state index contributed by atoms with van der Waals surface area (Å²) in [6.07, 6.45) is 1.75. The van der Waals surface area contributed by atoms with Gasteiger partial charge < -0.3 is 9.64 Å². The molecule has 0 radical (unpaired) electrons. The van der Waals surface area contributed by atoms with Gasteiger partial charge in [0.25, 0.3) is 0 Å². The number of hydrogen-bond acceptors (Lipinski definition) is 2. The van der Waals surface area contributed by atoms with Crippen molar-refractivity contribution in [2.75, 3.05) is 13.2 Å². The van der Waals surface area contributed by atoms with Crippen LogP contribution in [0.2, 0.25) is 0 Å². The fraction of sp³-hybridized carbons (Fsp3) is 0.833. The van der Waals surface area contributed by atoms with E-state index in [-0.39, 0.29) is 0 Å². The molecule has 2 fully saturated rings. The Hall–Kier alpha value is -0.0800. The van der Waals surface area contributed by atoms with Gasteiger partial charge in [-0.3, -0.25) is 7.05 Å². The number of fused-ring (bicyclic) bond motifs is 1. The Labute approximate surface area is 49.4 Å². The summed E-state index contributed by atoms with van der Waals surface area (Å²) in [5.41, 5.74) is 0. The number of ether oxygens (including phenoxy) is 1. The van der Waals surface area contributed by atoms with E-state index in [2.05, 4.69) is 11.9 Å². The number of rotatable bonds is 0. The van der Waals surface area contributed by atoms with Crippen molar-refractivity contribution in [2.45, 2.75) is 18.6 Å². The normalized spacial score (nSPS) is 46.1. The first-order chi connectivity index (χ1) is 3.88. The molecule has 0 amide bonds. The van der Waals surface area contributed by atoms with Crippen LogP contribution in [0.25, 0.3) is 0 Å². The molecule has 1 aliphatic carbocycles. The van der Waals surface area contributed by atoms with Gasteiger partial charge in [0.2, 0.25) is 0 Å². The zero-order valence-corrected chi connectivity index (χ0v) is 4.84. The first kappa shape index (κ1) is 4.77. The van der Waals surface area contributed by atoms with Gasteiger partial charge in [-0.2, -0.15) is 0 Å². The fourth-order valence-corrected chi connectivity index (χ4v) is 1.21. The molecule has 46 valence electrons. The Balaban J connectivity index is 1.99. The van der Waals surface area contributed by atoms with Crippen LogP contribution in [0.15, 0.2) is 0 Å². The second-order valence-corrected chi connectivity index (χ2v) is 2.52. The molecular formula is C6H10NO-. The molecule has 2 aliphatic rings. The van der Waals surface area contributed by atoms with E-state index in [1.165, 1.54) is 6.42 Å². The highest BCUT2D eigenvalue weighted by atomic mass is 16.5. The van der Waals surface area contributed by atoms with Crippen LogP contribution in [-0.2, 0) is 4.74 Å². The van der Waals surface area contributed by atoms with Crippen LogP contribution in [0.3, 0.4) is 0 Å². The van der Waals surface area contributed by atoms with Crippen LogP contribution in [-0.4, -0.2) is 30.2 Å². The number of hydrogen-bond donors (Lipinski definition) is 0. The lowest BCUT2D eigenvalue weighted by Crippen LogP contribution is -2.31. The Morgan fingerprint density at radius 3 is 3.12 bits per heavy atom. The van der Waals surface area contributed by atoms with Crippen LogP contribution < -0.4 is 0 Å². The van der Waals surface area contributed by atoms with E-state index in [0.717, 1.165) is 13.2 Å². The van der Waals surface area contributed by atoms with Gasteiger partial charge in [-0.05, 0) is 13.0 Å². The van der Waals surface area contributed by atoms with E-state index >= 15 is 0 Å². The minimum absolute atomic E-state index is 0.543. The Morgan fingerprint density at radius 2 is 2.50 bits per heavy atom. The minimum Gasteiger partial charge on any atom is -0.453 e. The van der Waals surface area contributed by atoms with Crippen molar-refractivity contribution in [1.82, 2.24) is 4.90 Å². The van der Waals surface area contributed by atoms with E-state index in [9.17, 15) is 0 Å². The fourth-order valence-electron chi connectivity index (χ4n) is 1.21. The average molecular weight is 112 g/mol. The van der Waals surface area contributed by atoms with Crippen LogP contribution in [0, 0.1) is 7.05 Å². The first-order valence-electron chi connectivity index (χ1n) is 3.06. The van der Waals surface area contributed by atoms with Crippen molar-refractivity contribution >= 4 is 0 Å². The molecule has 2 rings (SSSR count). The summed E-state index contributed by atoms with van der Waals surface area (Å²) in [6, 6.07) is 0.670. The first-order valence-corrected chi connectivity index (χ1v) is 3.06. The summed E-state index contributed by atoms with van der Waals surface area (Å²) in [7, 11) is 3.87. The number of morpholine rings is 1. The van der Waals surface area contributed by atoms with E-state index < -0.39 is 0 Å². The highest BCUT2D eigenvalue weighted by molar-refractivity contribution is 4.99. The van der Waals surface area contributed by atoms with Crippen LogP contribution in [0.4, 0.5) is 0 Å². The zero-order chi connectivity index (χ0) is 5.56. The standard InChI is InChI=1S/C6H10NO/c1-7-2-3-8-6-4-5(6)7/h5-6H,1-4H2/q-1. The molecule has 1 saturated carbocycles. The zero-order valence-electron chi connectivity index (χ0n) is 4.84. The van der Waals surface area contributed by atoms with Crippen molar-refractivity contribution in [2.24, 2.45) is 0 Å². The smallest absolute Gasteiger partial charge is 0.0723 e. The molecule has 1 saturated heterocycles. The summed E-state index contributed by atoms with van der Waals surface area (Å²) in [5, 5.41) is 0. The highest BCUT2D eigenvalue weighted by Crippen LogP contribution is 2.33. The lowest BCUT2D eigenvalue weighted by molar-refractivity contribution is 0.0493. The maximum atomic E-state index is 5.34. The molecule has 1 aliphatic heterocycles. The largest absolute Gasteiger partial charge is 0.453 e. The molecule has 2 heteroatoms. The second-order valence-electron chi connectivity index (χ2n) is 2.52. The predicted octanol–water partition coefficient (Wildman–Crippen LogP) is 0.251. The van der Waals surface area contributed by atoms with Gasteiger partial charge >= 0.3 is 0 Å². The van der Waals surface area contributed by atoms with Crippen LogP contribution in [0.5, 0.6) is 0 Å². The van der Waals surface area contributed by atoms with Gasteiger partial charge in [-0.25, -0.2) is 0 Å². The van der Waals surface area contributed by atoms with Crippen LogP contribution in [0.1, 0.15) is 6.42 Å². The molecule has 1 heterocycles. The van der Waals surface area contributed by atoms with Crippen molar-refractivity contribution < 1.29 is 4.74 Å². The SMILES string of the molecule is [CH2-]N1CCOC2CC21. The Morgan fingerprint density at radius 1 is 1.62 bits per heavy atom. The molecule has 2 nitrogen and oxygen atoms in total. The predicted molar refractivity (Wildman–Crippen MR) is 30.2 cm³/mol. The molecular weight excluding hydrogens is 102 g/mol. The van der Waals surface area contributed by atoms with E-state index in [1.54, 1.807) is 0 Å². The van der Waals surface area contributed by atoms with Crippen molar-refractivity contribution in [1.29, 1.82) is 0 Å². The van der Waals surface area contributed by atoms with Crippen molar-refractivity contribution in [3.8, 4) is 0 Å². The summed E-state index contributed by atoms with van der Waals surface area (Å²) in [4.78, 5) is 2.13. The summed E-state index contributed by atoms with van der Waals surface area (Å²) in [6.45, 7) is 1.89. The quantitative estimate of drug-likeness (QED) is 0.416. The van der Waals surface area contributed by atoms with Gasteiger partial charge in [0.1, 0.15) is 0 Å². The number of nitrogens with zero attached hydrogens (tertiary/aromatic N) is 1. The van der Waals surface area contributed by atoms with Gasteiger partial charge in [0.05, 0.1) is 12.7 Å². The molecule has 0 aromatic rings. The third-order valence-corrected chi connectivity index (χ3v) is 1.88. The third-order valence-electron chi connectivity index (χ3n) is 1.88. The Kier molecular flexibility index (Phi) is 0.866. The molecule has 2 unspecified atom stereocenters. The van der Waals surface area contributed by atoms with Gasteiger partial charge in [0.15, 0.2) is 0 Å². The Bertz CT molecular complexity index is 105. The minimum atomic E-state index is 0.543. The monoisotopic (exact) mass is 112 g/mol. The highest BCUT2D eigenvalue weighted by Gasteiger charge is 2.40. The average Bonchev–Trinajstić information content (AvgIpc) is 2.45. The van der Waals surface area contributed by atoms with E-state index in [4.69, 9.17) is 4.74 Å². The lowest BCUT2D eigenvalue weighted by atomic mass is 10.5. The summed E-state index contributed by atoms with van der Waals surface area (Å²) in [5.74, 6) is 0. The third kappa shape index (κ3) is 0.565. The molecule has 0 N–H and O–H groups in total. The maximum Gasteiger partial charge on any atom is 0.0723 e. The molecule has 2 atom stereocenters. The molecule has 0 bridgehead atoms. The molecule has 0 aromatic carbocycles. The van der Waals surface area contributed by atoms with E-state index in [0.29, 0.717) is 12.1 Å². The topological polar surface area (TPSA) is 12.5 Å². The molecule has 0 aromatic heterocycles.